The molecule has 6 rings (SSSR count). The van der Waals surface area contributed by atoms with Gasteiger partial charge in [-0.2, -0.15) is 5.10 Å². The lowest BCUT2D eigenvalue weighted by atomic mass is 10.0. The normalized spacial score (nSPS) is 22.6. The summed E-state index contributed by atoms with van der Waals surface area (Å²) in [5, 5.41) is 7.36. The number of hydrogen-bond acceptors (Lipinski definition) is 6. The summed E-state index contributed by atoms with van der Waals surface area (Å²) in [6, 6.07) is 13.5. The van der Waals surface area contributed by atoms with E-state index in [1.165, 1.54) is 5.69 Å². The number of nitrogens with zero attached hydrogens (tertiary/aromatic N) is 4. The summed E-state index contributed by atoms with van der Waals surface area (Å²) in [5.74, 6) is 1.07. The van der Waals surface area contributed by atoms with E-state index in [0.717, 1.165) is 61.8 Å². The van der Waals surface area contributed by atoms with Gasteiger partial charge in [0, 0.05) is 62.5 Å². The summed E-state index contributed by atoms with van der Waals surface area (Å²) in [4.78, 5) is 16.6. The van der Waals surface area contributed by atoms with Crippen LogP contribution < -0.4 is 15.0 Å². The van der Waals surface area contributed by atoms with Crippen LogP contribution in [-0.4, -0.2) is 78.5 Å². The zero-order chi connectivity index (χ0) is 23.1. The Morgan fingerprint density at radius 3 is 2.56 bits per heavy atom. The van der Waals surface area contributed by atoms with Crippen molar-refractivity contribution in [1.29, 1.82) is 0 Å². The Balaban J connectivity index is 1.19. The van der Waals surface area contributed by atoms with Gasteiger partial charge in [0.1, 0.15) is 17.4 Å². The summed E-state index contributed by atoms with van der Waals surface area (Å²) in [6.45, 7) is 8.74. The summed E-state index contributed by atoms with van der Waals surface area (Å²) in [6.07, 6.45) is 4.28. The van der Waals surface area contributed by atoms with Gasteiger partial charge in [-0.1, -0.05) is 12.1 Å². The zero-order valence-corrected chi connectivity index (χ0v) is 19.5. The van der Waals surface area contributed by atoms with E-state index in [-0.39, 0.29) is 17.9 Å². The highest BCUT2D eigenvalue weighted by atomic mass is 16.5. The van der Waals surface area contributed by atoms with E-state index in [0.29, 0.717) is 19.0 Å². The van der Waals surface area contributed by atoms with E-state index < -0.39 is 0 Å². The van der Waals surface area contributed by atoms with Gasteiger partial charge in [-0.25, -0.2) is 4.52 Å². The predicted molar refractivity (Wildman–Crippen MR) is 130 cm³/mol. The van der Waals surface area contributed by atoms with Crippen LogP contribution in [0.15, 0.2) is 48.8 Å². The average molecular weight is 462 g/mol. The third-order valence-electron chi connectivity index (χ3n) is 7.47. The van der Waals surface area contributed by atoms with Gasteiger partial charge in [-0.15, -0.1) is 0 Å². The monoisotopic (exact) mass is 461 g/mol. The quantitative estimate of drug-likeness (QED) is 0.608. The summed E-state index contributed by atoms with van der Waals surface area (Å²) in [7, 11) is 0. The summed E-state index contributed by atoms with van der Waals surface area (Å²) < 4.78 is 13.6. The molecule has 0 bridgehead atoms. The average Bonchev–Trinajstić information content (AvgIpc) is 3.48. The van der Waals surface area contributed by atoms with Gasteiger partial charge < -0.3 is 19.7 Å². The van der Waals surface area contributed by atoms with Crippen LogP contribution in [0, 0.1) is 5.92 Å². The lowest BCUT2D eigenvalue weighted by molar-refractivity contribution is -0.119. The highest BCUT2D eigenvalue weighted by Crippen LogP contribution is 2.31. The second kappa shape index (κ2) is 8.92. The molecule has 1 aromatic carbocycles. The first-order valence-electron chi connectivity index (χ1n) is 12.2. The molecule has 0 saturated carbocycles. The molecule has 178 valence electrons. The summed E-state index contributed by atoms with van der Waals surface area (Å²) >= 11 is 0. The van der Waals surface area contributed by atoms with Crippen LogP contribution >= 0.6 is 0 Å². The fourth-order valence-electron chi connectivity index (χ4n) is 5.15. The standard InChI is InChI=1S/C26H31N5O3/c1-18(20-13-26(32)27-14-20)34-25-12-21(15-31-24(25)6-7-28-31)19-2-4-22(5-3-19)29-8-10-30(11-9-29)23-16-33-17-23/h2-7,12,15,18,20,23H,8-11,13-14,16-17H2,1H3,(H,27,32)/t18-,20?/m1/s1. The first kappa shape index (κ1) is 21.4. The molecule has 34 heavy (non-hydrogen) atoms. The number of nitrogens with one attached hydrogen (secondary N) is 1. The van der Waals surface area contributed by atoms with Crippen LogP contribution in [0.1, 0.15) is 13.3 Å². The van der Waals surface area contributed by atoms with Crippen LogP contribution in [0.4, 0.5) is 5.69 Å². The number of piperazine rings is 1. The maximum Gasteiger partial charge on any atom is 0.220 e. The fourth-order valence-corrected chi connectivity index (χ4v) is 5.15. The number of carbonyl (C=O) groups is 1. The van der Waals surface area contributed by atoms with Crippen LogP contribution in [0.25, 0.3) is 16.6 Å². The van der Waals surface area contributed by atoms with Crippen molar-refractivity contribution < 1.29 is 14.3 Å². The lowest BCUT2D eigenvalue weighted by Gasteiger charge is -2.43. The van der Waals surface area contributed by atoms with Crippen molar-refractivity contribution >= 4 is 17.1 Å². The maximum absolute atomic E-state index is 11.6. The molecule has 2 aromatic heterocycles. The molecular weight excluding hydrogens is 430 g/mol. The maximum atomic E-state index is 11.6. The molecule has 5 heterocycles. The SMILES string of the molecule is C[C@@H](Oc1cc(-c2ccc(N3CCN(C4COC4)CC3)cc2)cn2nccc12)C1CNC(=O)C1. The molecular formula is C26H31N5O3. The van der Waals surface area contributed by atoms with Crippen molar-refractivity contribution in [2.45, 2.75) is 25.5 Å². The smallest absolute Gasteiger partial charge is 0.220 e. The van der Waals surface area contributed by atoms with E-state index >= 15 is 0 Å². The molecule has 8 nitrogen and oxygen atoms in total. The topological polar surface area (TPSA) is 71.3 Å². The molecule has 3 aromatic rings. The van der Waals surface area contributed by atoms with Crippen LogP contribution in [0.3, 0.4) is 0 Å². The first-order valence-corrected chi connectivity index (χ1v) is 12.2. The van der Waals surface area contributed by atoms with Crippen molar-refractivity contribution in [3.8, 4) is 16.9 Å². The minimum Gasteiger partial charge on any atom is -0.488 e. The lowest BCUT2D eigenvalue weighted by Crippen LogP contribution is -2.56. The Kier molecular flexibility index (Phi) is 5.63. The number of benzene rings is 1. The Morgan fingerprint density at radius 2 is 1.88 bits per heavy atom. The van der Waals surface area contributed by atoms with E-state index in [4.69, 9.17) is 9.47 Å². The van der Waals surface area contributed by atoms with Gasteiger partial charge in [0.05, 0.1) is 25.5 Å². The van der Waals surface area contributed by atoms with Crippen LogP contribution in [0.2, 0.25) is 0 Å². The third-order valence-corrected chi connectivity index (χ3v) is 7.47. The molecule has 1 unspecified atom stereocenters. The van der Waals surface area contributed by atoms with Crippen LogP contribution in [0.5, 0.6) is 5.75 Å². The van der Waals surface area contributed by atoms with E-state index in [1.807, 2.05) is 23.7 Å². The van der Waals surface area contributed by atoms with Crippen molar-refractivity contribution in [2.75, 3.05) is 50.8 Å². The molecule has 3 aliphatic rings. The second-order valence-electron chi connectivity index (χ2n) is 9.61. The van der Waals surface area contributed by atoms with Crippen LogP contribution in [-0.2, 0) is 9.53 Å². The molecule has 2 atom stereocenters. The number of amides is 1. The summed E-state index contributed by atoms with van der Waals surface area (Å²) in [5.41, 5.74) is 4.37. The Morgan fingerprint density at radius 1 is 1.09 bits per heavy atom. The molecule has 1 amide bonds. The second-order valence-corrected chi connectivity index (χ2v) is 9.61. The molecule has 3 saturated heterocycles. The molecule has 0 spiro atoms. The number of carbonyl (C=O) groups excluding carboxylic acids is 1. The highest BCUT2D eigenvalue weighted by Gasteiger charge is 2.29. The van der Waals surface area contributed by atoms with E-state index in [9.17, 15) is 4.79 Å². The number of rotatable bonds is 6. The molecule has 0 aliphatic carbocycles. The predicted octanol–water partition coefficient (Wildman–Crippen LogP) is 2.43. The molecule has 0 radical (unpaired) electrons. The molecule has 3 aliphatic heterocycles. The number of hydrogen-bond donors (Lipinski definition) is 1. The van der Waals surface area contributed by atoms with Crippen molar-refractivity contribution in [2.24, 2.45) is 5.92 Å². The van der Waals surface area contributed by atoms with Crippen molar-refractivity contribution in [1.82, 2.24) is 19.8 Å². The molecule has 1 N–H and O–H groups in total. The Labute approximate surface area is 199 Å². The third kappa shape index (κ3) is 4.12. The van der Waals surface area contributed by atoms with Gasteiger partial charge in [0.25, 0.3) is 0 Å². The number of ether oxygens (including phenoxy) is 2. The minimum absolute atomic E-state index is 0.0690. The molecule has 3 fully saturated rings. The highest BCUT2D eigenvalue weighted by molar-refractivity contribution is 5.78. The number of aromatic nitrogens is 2. The fraction of sp³-hybridized carbons (Fsp3) is 0.462. The van der Waals surface area contributed by atoms with Gasteiger partial charge in [-0.3, -0.25) is 9.69 Å². The molecule has 8 heteroatoms. The van der Waals surface area contributed by atoms with Gasteiger partial charge in [-0.05, 0) is 36.8 Å². The Bertz CT molecular complexity index is 1160. The Hall–Kier alpha value is -3.10. The van der Waals surface area contributed by atoms with Gasteiger partial charge in [0.2, 0.25) is 5.91 Å². The first-order chi connectivity index (χ1) is 16.6. The van der Waals surface area contributed by atoms with Crippen molar-refractivity contribution in [3.63, 3.8) is 0 Å². The number of pyridine rings is 1. The van der Waals surface area contributed by atoms with Gasteiger partial charge >= 0.3 is 0 Å². The minimum atomic E-state index is -0.0690. The largest absolute Gasteiger partial charge is 0.488 e. The van der Waals surface area contributed by atoms with Crippen molar-refractivity contribution in [3.05, 3.63) is 48.8 Å². The zero-order valence-electron chi connectivity index (χ0n) is 19.5. The van der Waals surface area contributed by atoms with E-state index in [2.05, 4.69) is 50.5 Å². The number of anilines is 1. The van der Waals surface area contributed by atoms with Gasteiger partial charge in [0.15, 0.2) is 0 Å². The van der Waals surface area contributed by atoms with E-state index in [1.54, 1.807) is 6.20 Å². The number of fused-ring (bicyclic) bond motifs is 1.